The maximum absolute atomic E-state index is 13.0. The van der Waals surface area contributed by atoms with Gasteiger partial charge in [0.25, 0.3) is 11.8 Å². The third kappa shape index (κ3) is 4.46. The molecule has 3 N–H and O–H groups in total. The summed E-state index contributed by atoms with van der Waals surface area (Å²) in [5.41, 5.74) is 2.66. The first-order valence-corrected chi connectivity index (χ1v) is 9.69. The second-order valence-corrected chi connectivity index (χ2v) is 7.45. The number of amides is 3. The number of hydrogen-bond donors (Lipinski definition) is 3. The van der Waals surface area contributed by atoms with E-state index in [1.165, 1.54) is 0 Å². The topological polar surface area (TPSA) is 96.5 Å². The molecule has 0 spiro atoms. The zero-order valence-corrected chi connectivity index (χ0v) is 16.1. The second-order valence-electron chi connectivity index (χ2n) is 7.45. The Morgan fingerprint density at radius 3 is 2.59 bits per heavy atom. The van der Waals surface area contributed by atoms with Crippen molar-refractivity contribution in [3.05, 3.63) is 65.2 Å². The summed E-state index contributed by atoms with van der Waals surface area (Å²) in [4.78, 5) is 37.1. The molecule has 150 valence electrons. The van der Waals surface area contributed by atoms with E-state index in [0.29, 0.717) is 11.3 Å². The molecule has 1 saturated heterocycles. The first kappa shape index (κ1) is 19.1. The Balaban J connectivity index is 1.53. The molecule has 3 amide bonds. The van der Waals surface area contributed by atoms with Gasteiger partial charge in [-0.3, -0.25) is 14.4 Å². The van der Waals surface area contributed by atoms with Crippen LogP contribution in [0.3, 0.4) is 0 Å². The van der Waals surface area contributed by atoms with Crippen LogP contribution in [0.1, 0.15) is 40.4 Å². The fourth-order valence-corrected chi connectivity index (χ4v) is 3.30. The first-order valence-electron chi connectivity index (χ1n) is 9.69. The number of ether oxygens (including phenoxy) is 1. The molecule has 2 atom stereocenters. The molecule has 1 heterocycles. The molecule has 7 heteroatoms. The molecule has 2 aromatic carbocycles. The highest BCUT2D eigenvalue weighted by Crippen LogP contribution is 2.25. The van der Waals surface area contributed by atoms with Crippen LogP contribution < -0.4 is 16.0 Å². The Labute approximate surface area is 168 Å². The number of aryl methyl sites for hydroxylation is 1. The van der Waals surface area contributed by atoms with Crippen molar-refractivity contribution in [1.29, 1.82) is 0 Å². The highest BCUT2D eigenvalue weighted by atomic mass is 16.5. The minimum absolute atomic E-state index is 0.147. The SMILES string of the molecule is Cc1ccc(C(=O)NC2CC2)cc1NC(=O)[C@H]1OCC(=O)N[C@@H]1c1ccccc1. The van der Waals surface area contributed by atoms with Crippen molar-refractivity contribution in [1.82, 2.24) is 10.6 Å². The molecule has 7 nitrogen and oxygen atoms in total. The largest absolute Gasteiger partial charge is 0.356 e. The number of nitrogens with one attached hydrogen (secondary N) is 3. The molecular formula is C22H23N3O4. The van der Waals surface area contributed by atoms with Gasteiger partial charge in [-0.2, -0.15) is 0 Å². The van der Waals surface area contributed by atoms with Gasteiger partial charge in [0.1, 0.15) is 6.61 Å². The van der Waals surface area contributed by atoms with Crippen molar-refractivity contribution in [3.8, 4) is 0 Å². The molecule has 0 radical (unpaired) electrons. The summed E-state index contributed by atoms with van der Waals surface area (Å²) < 4.78 is 5.57. The molecule has 0 aromatic heterocycles. The van der Waals surface area contributed by atoms with E-state index in [0.717, 1.165) is 24.0 Å². The Bertz CT molecular complexity index is 940. The molecule has 4 rings (SSSR count). The van der Waals surface area contributed by atoms with E-state index in [1.54, 1.807) is 18.2 Å². The van der Waals surface area contributed by atoms with Gasteiger partial charge in [0.15, 0.2) is 6.10 Å². The summed E-state index contributed by atoms with van der Waals surface area (Å²) in [6.45, 7) is 1.68. The van der Waals surface area contributed by atoms with E-state index in [2.05, 4.69) is 16.0 Å². The van der Waals surface area contributed by atoms with Gasteiger partial charge in [0, 0.05) is 17.3 Å². The molecule has 2 aromatic rings. The Morgan fingerprint density at radius 1 is 1.10 bits per heavy atom. The van der Waals surface area contributed by atoms with Crippen molar-refractivity contribution in [2.45, 2.75) is 38.0 Å². The number of rotatable bonds is 5. The first-order chi connectivity index (χ1) is 14.0. The minimum Gasteiger partial charge on any atom is -0.356 e. The van der Waals surface area contributed by atoms with E-state index in [9.17, 15) is 14.4 Å². The predicted molar refractivity (Wildman–Crippen MR) is 107 cm³/mol. The zero-order chi connectivity index (χ0) is 20.4. The molecule has 1 aliphatic carbocycles. The van der Waals surface area contributed by atoms with Gasteiger partial charge >= 0.3 is 0 Å². The van der Waals surface area contributed by atoms with Crippen LogP contribution in [0.2, 0.25) is 0 Å². The lowest BCUT2D eigenvalue weighted by molar-refractivity contribution is -0.145. The normalized spacial score (nSPS) is 21.2. The van der Waals surface area contributed by atoms with Crippen LogP contribution >= 0.6 is 0 Å². The summed E-state index contributed by atoms with van der Waals surface area (Å²) in [7, 11) is 0. The number of hydrogen-bond acceptors (Lipinski definition) is 4. The van der Waals surface area contributed by atoms with E-state index >= 15 is 0 Å². The average Bonchev–Trinajstić information content (AvgIpc) is 3.54. The molecule has 1 saturated carbocycles. The minimum atomic E-state index is -0.876. The molecule has 0 unspecified atom stereocenters. The zero-order valence-electron chi connectivity index (χ0n) is 16.1. The van der Waals surface area contributed by atoms with Crippen LogP contribution in [0.25, 0.3) is 0 Å². The lowest BCUT2D eigenvalue weighted by atomic mass is 9.99. The summed E-state index contributed by atoms with van der Waals surface area (Å²) in [5, 5.41) is 8.64. The smallest absolute Gasteiger partial charge is 0.256 e. The van der Waals surface area contributed by atoms with Crippen molar-refractivity contribution < 1.29 is 19.1 Å². The molecule has 2 fully saturated rings. The van der Waals surface area contributed by atoms with E-state index in [4.69, 9.17) is 4.74 Å². The van der Waals surface area contributed by atoms with Crippen LogP contribution in [0.5, 0.6) is 0 Å². The molecule has 29 heavy (non-hydrogen) atoms. The van der Waals surface area contributed by atoms with Crippen molar-refractivity contribution in [2.24, 2.45) is 0 Å². The van der Waals surface area contributed by atoms with Crippen molar-refractivity contribution >= 4 is 23.4 Å². The molecular weight excluding hydrogens is 370 g/mol. The molecule has 1 aliphatic heterocycles. The monoisotopic (exact) mass is 393 g/mol. The van der Waals surface area contributed by atoms with Crippen molar-refractivity contribution in [2.75, 3.05) is 11.9 Å². The van der Waals surface area contributed by atoms with Crippen molar-refractivity contribution in [3.63, 3.8) is 0 Å². The lowest BCUT2D eigenvalue weighted by Gasteiger charge is -2.31. The maximum Gasteiger partial charge on any atom is 0.256 e. The van der Waals surface area contributed by atoms with E-state index < -0.39 is 12.1 Å². The Kier molecular flexibility index (Phi) is 5.31. The number of carbonyl (C=O) groups is 3. The van der Waals surface area contributed by atoms with Gasteiger partial charge in [-0.15, -0.1) is 0 Å². The number of anilines is 1. The van der Waals surface area contributed by atoms with Crippen LogP contribution in [0.4, 0.5) is 5.69 Å². The van der Waals surface area contributed by atoms with Gasteiger partial charge in [0.05, 0.1) is 6.04 Å². The highest BCUT2D eigenvalue weighted by Gasteiger charge is 2.36. The maximum atomic E-state index is 13.0. The third-order valence-electron chi connectivity index (χ3n) is 5.10. The van der Waals surface area contributed by atoms with Crippen LogP contribution in [0.15, 0.2) is 48.5 Å². The number of benzene rings is 2. The second kappa shape index (κ2) is 8.05. The van der Waals surface area contributed by atoms with Gasteiger partial charge in [0.2, 0.25) is 5.91 Å². The van der Waals surface area contributed by atoms with Gasteiger partial charge < -0.3 is 20.7 Å². The van der Waals surface area contributed by atoms with Crippen LogP contribution in [0, 0.1) is 6.92 Å². The molecule has 2 aliphatic rings. The van der Waals surface area contributed by atoms with Gasteiger partial charge in [-0.25, -0.2) is 0 Å². The summed E-state index contributed by atoms with van der Waals surface area (Å²) in [6, 6.07) is 14.1. The van der Waals surface area contributed by atoms with Gasteiger partial charge in [-0.05, 0) is 43.0 Å². The Hall–Kier alpha value is -3.19. The third-order valence-corrected chi connectivity index (χ3v) is 5.10. The van der Waals surface area contributed by atoms with Crippen LogP contribution in [-0.2, 0) is 14.3 Å². The molecule has 0 bridgehead atoms. The fraction of sp³-hybridized carbons (Fsp3) is 0.318. The summed E-state index contributed by atoms with van der Waals surface area (Å²) in [5.74, 6) is -0.786. The lowest BCUT2D eigenvalue weighted by Crippen LogP contribution is -2.50. The summed E-state index contributed by atoms with van der Waals surface area (Å²) >= 11 is 0. The quantitative estimate of drug-likeness (QED) is 0.725. The fourth-order valence-electron chi connectivity index (χ4n) is 3.30. The number of carbonyl (C=O) groups excluding carboxylic acids is 3. The Morgan fingerprint density at radius 2 is 1.86 bits per heavy atom. The highest BCUT2D eigenvalue weighted by molar-refractivity contribution is 6.00. The van der Waals surface area contributed by atoms with Crippen LogP contribution in [-0.4, -0.2) is 36.5 Å². The number of morpholine rings is 1. The summed E-state index contributed by atoms with van der Waals surface area (Å²) in [6.07, 6.45) is 1.14. The van der Waals surface area contributed by atoms with E-state index in [-0.39, 0.29) is 30.4 Å². The average molecular weight is 393 g/mol. The standard InChI is InChI=1S/C22H23N3O4/c1-13-7-8-15(21(27)23-16-9-10-16)11-17(13)24-22(28)20-19(25-18(26)12-29-20)14-5-3-2-4-6-14/h2-8,11,16,19-20H,9-10,12H2,1H3,(H,23,27)(H,24,28)(H,25,26)/t19-,20+/m1/s1. The van der Waals surface area contributed by atoms with E-state index in [1.807, 2.05) is 37.3 Å². The predicted octanol–water partition coefficient (Wildman–Crippen LogP) is 2.08. The van der Waals surface area contributed by atoms with Gasteiger partial charge in [-0.1, -0.05) is 36.4 Å².